The molecule has 12 unspecified atom stereocenters. The third-order valence-electron chi connectivity index (χ3n) is 12.9. The summed E-state index contributed by atoms with van der Waals surface area (Å²) in [7, 11) is 0. The predicted molar refractivity (Wildman–Crippen MR) is 202 cm³/mol. The van der Waals surface area contributed by atoms with Gasteiger partial charge in [-0.15, -0.1) is 0 Å². The van der Waals surface area contributed by atoms with Crippen molar-refractivity contribution in [1.29, 1.82) is 0 Å². The van der Waals surface area contributed by atoms with Crippen molar-refractivity contribution in [3.63, 3.8) is 0 Å². The Bertz CT molecular complexity index is 1860. The van der Waals surface area contributed by atoms with E-state index in [-0.39, 0.29) is 25.0 Å². The molecule has 14 nitrogen and oxygen atoms in total. The van der Waals surface area contributed by atoms with Crippen LogP contribution in [0.25, 0.3) is 0 Å². The van der Waals surface area contributed by atoms with Gasteiger partial charge in [0.25, 0.3) is 0 Å². The molecule has 3 saturated carbocycles. The summed E-state index contributed by atoms with van der Waals surface area (Å²) < 4.78 is 30.1. The average Bonchev–Trinajstić information content (AvgIpc) is 3.13. The van der Waals surface area contributed by atoms with Crippen LogP contribution in [0.15, 0.2) is 60.7 Å². The van der Waals surface area contributed by atoms with Gasteiger partial charge in [0, 0.05) is 31.1 Å². The number of ether oxygens (including phenoxy) is 5. The molecule has 310 valence electrons. The summed E-state index contributed by atoms with van der Waals surface area (Å²) in [5, 5.41) is 39.7. The van der Waals surface area contributed by atoms with Crippen LogP contribution in [0.1, 0.15) is 90.2 Å². The second kappa shape index (κ2) is 15.2. The highest BCUT2D eigenvalue weighted by Crippen LogP contribution is 2.64. The maximum absolute atomic E-state index is 14.9. The lowest BCUT2D eigenvalue weighted by molar-refractivity contribution is -0.350. The molecular weight excluding hydrogens is 738 g/mol. The average molecular weight is 794 g/mol. The van der Waals surface area contributed by atoms with E-state index in [1.807, 2.05) is 0 Å². The minimum Gasteiger partial charge on any atom is -0.455 e. The van der Waals surface area contributed by atoms with E-state index in [0.29, 0.717) is 5.56 Å². The summed E-state index contributed by atoms with van der Waals surface area (Å²) in [5.74, 6) is -6.89. The molecular formula is C43H55NO13. The smallest absolute Gasteiger partial charge is 0.408 e. The van der Waals surface area contributed by atoms with Crippen LogP contribution < -0.4 is 5.32 Å². The van der Waals surface area contributed by atoms with E-state index in [1.165, 1.54) is 26.0 Å². The number of alkyl carbamates (subject to hydrolysis) is 1. The first-order chi connectivity index (χ1) is 26.6. The molecule has 2 bridgehead atoms. The number of aliphatic hydroxyl groups excluding tert-OH is 2. The number of amides is 1. The zero-order chi connectivity index (χ0) is 41.9. The Kier molecular flexibility index (Phi) is 11.3. The number of esters is 2. The van der Waals surface area contributed by atoms with Crippen molar-refractivity contribution in [3.8, 4) is 0 Å². The van der Waals surface area contributed by atoms with Gasteiger partial charge in [0.2, 0.25) is 11.6 Å². The molecule has 0 spiro atoms. The molecule has 0 aromatic heterocycles. The Hall–Kier alpha value is -4.21. The van der Waals surface area contributed by atoms with Crippen molar-refractivity contribution in [2.45, 2.75) is 122 Å². The van der Waals surface area contributed by atoms with E-state index in [9.17, 15) is 39.3 Å². The molecule has 14 heteroatoms. The summed E-state index contributed by atoms with van der Waals surface area (Å²) in [5.41, 5.74) is -7.51. The molecule has 57 heavy (non-hydrogen) atoms. The number of hydrogen-bond donors (Lipinski definition) is 4. The summed E-state index contributed by atoms with van der Waals surface area (Å²) in [6.07, 6.45) is -7.77. The van der Waals surface area contributed by atoms with Crippen molar-refractivity contribution >= 4 is 29.6 Å². The molecule has 12 atom stereocenters. The normalized spacial score (nSPS) is 35.5. The van der Waals surface area contributed by atoms with Crippen LogP contribution in [-0.2, 0) is 38.1 Å². The maximum atomic E-state index is 14.9. The van der Waals surface area contributed by atoms with Gasteiger partial charge in [0.15, 0.2) is 5.60 Å². The third kappa shape index (κ3) is 7.28. The maximum Gasteiger partial charge on any atom is 0.408 e. The Morgan fingerprint density at radius 1 is 1.00 bits per heavy atom. The van der Waals surface area contributed by atoms with Gasteiger partial charge >= 0.3 is 18.0 Å². The fourth-order valence-electron chi connectivity index (χ4n) is 9.95. The van der Waals surface area contributed by atoms with Crippen LogP contribution in [0.5, 0.6) is 0 Å². The number of carbonyl (C=O) groups excluding carboxylic acids is 5. The van der Waals surface area contributed by atoms with Gasteiger partial charge in [-0.3, -0.25) is 14.4 Å². The van der Waals surface area contributed by atoms with Gasteiger partial charge in [-0.1, -0.05) is 69.3 Å². The van der Waals surface area contributed by atoms with Crippen molar-refractivity contribution in [2.24, 2.45) is 28.6 Å². The summed E-state index contributed by atoms with van der Waals surface area (Å²) in [6.45, 7) is 12.0. The van der Waals surface area contributed by atoms with Gasteiger partial charge in [-0.2, -0.15) is 0 Å². The number of carbonyl (C=O) groups is 5. The van der Waals surface area contributed by atoms with Crippen molar-refractivity contribution < 1.29 is 63.0 Å². The van der Waals surface area contributed by atoms with Crippen molar-refractivity contribution in [2.75, 3.05) is 13.2 Å². The van der Waals surface area contributed by atoms with Crippen molar-refractivity contribution in [3.05, 3.63) is 71.8 Å². The second-order valence-electron chi connectivity index (χ2n) is 17.9. The first-order valence-corrected chi connectivity index (χ1v) is 19.5. The number of Topliss-reactive ketones (excluding diaryl/α,β-unsaturated/α-hetero) is 2. The molecule has 3 aliphatic carbocycles. The topological polar surface area (TPSA) is 204 Å². The number of ketones is 2. The first kappa shape index (κ1) is 42.4. The fourth-order valence-corrected chi connectivity index (χ4v) is 9.95. The number of nitrogens with one attached hydrogen (secondary N) is 1. The minimum atomic E-state index is -2.19. The summed E-state index contributed by atoms with van der Waals surface area (Å²) >= 11 is 0. The molecule has 1 amide bonds. The van der Waals surface area contributed by atoms with Crippen LogP contribution >= 0.6 is 0 Å². The van der Waals surface area contributed by atoms with Crippen LogP contribution in [0.2, 0.25) is 0 Å². The molecule has 0 radical (unpaired) electrons. The first-order valence-electron chi connectivity index (χ1n) is 19.5. The second-order valence-corrected chi connectivity index (χ2v) is 17.9. The highest BCUT2D eigenvalue weighted by Gasteiger charge is 2.79. The SMILES string of the molecule is CC(=O)OC12COC1CC(O)C1(C)C(=O)C(=O)C3C(C)C(OCC(O)C(NC(=O)OC(C)(C)C)c4ccccc4)CC(O)(C(OC(=O)c4ccccc4)C21)C3(C)C. The zero-order valence-corrected chi connectivity index (χ0v) is 33.7. The Labute approximate surface area is 332 Å². The van der Waals surface area contributed by atoms with E-state index in [0.717, 1.165) is 0 Å². The van der Waals surface area contributed by atoms with E-state index < -0.39 is 118 Å². The van der Waals surface area contributed by atoms with Crippen LogP contribution in [0, 0.1) is 28.6 Å². The van der Waals surface area contributed by atoms with E-state index in [2.05, 4.69) is 5.32 Å². The molecule has 4 N–H and O–H groups in total. The standard InChI is InChI=1S/C43H55NO13/c1-23-28(53-21-27(46)32(25-15-11-9-12-16-25)44-38(51)57-39(3,4)5)20-43(52)36(55-37(50)26-17-13-10-14-18-26)34-41(8,35(49)33(48)31(23)40(43,6)7)29(47)19-30-42(34,22-54-30)56-24(2)45/h9-18,23,27-32,34,36,46-47,52H,19-22H2,1-8H3,(H,44,51). The van der Waals surface area contributed by atoms with Gasteiger partial charge in [-0.05, 0) is 51.3 Å². The monoisotopic (exact) mass is 793 g/mol. The lowest BCUT2D eigenvalue weighted by atomic mass is 9.42. The highest BCUT2D eigenvalue weighted by molar-refractivity contribution is 6.40. The van der Waals surface area contributed by atoms with Crippen molar-refractivity contribution in [1.82, 2.24) is 5.32 Å². The quantitative estimate of drug-likeness (QED) is 0.162. The lowest BCUT2D eigenvalue weighted by Gasteiger charge is -2.68. The molecule has 1 saturated heterocycles. The fraction of sp³-hybridized carbons (Fsp3) is 0.605. The number of rotatable bonds is 9. The number of aliphatic hydroxyl groups is 3. The molecule has 2 aromatic rings. The molecule has 6 rings (SSSR count). The minimum absolute atomic E-state index is 0.130. The van der Waals surface area contributed by atoms with Crippen LogP contribution in [0.4, 0.5) is 4.79 Å². The number of fused-ring (bicyclic) bond motifs is 5. The zero-order valence-electron chi connectivity index (χ0n) is 33.7. The van der Waals surface area contributed by atoms with Gasteiger partial charge < -0.3 is 44.3 Å². The summed E-state index contributed by atoms with van der Waals surface area (Å²) in [6, 6.07) is 15.7. The third-order valence-corrected chi connectivity index (χ3v) is 12.9. The van der Waals surface area contributed by atoms with E-state index in [4.69, 9.17) is 23.7 Å². The Balaban J connectivity index is 1.44. The van der Waals surface area contributed by atoms with Crippen LogP contribution in [-0.4, -0.2) is 105 Å². The van der Waals surface area contributed by atoms with E-state index >= 15 is 0 Å². The molecule has 4 fully saturated rings. The Morgan fingerprint density at radius 3 is 2.18 bits per heavy atom. The van der Waals surface area contributed by atoms with Gasteiger partial charge in [0.1, 0.15) is 29.5 Å². The highest BCUT2D eigenvalue weighted by atomic mass is 16.6. The van der Waals surface area contributed by atoms with Gasteiger partial charge in [0.05, 0.1) is 48.4 Å². The van der Waals surface area contributed by atoms with Gasteiger partial charge in [-0.25, -0.2) is 9.59 Å². The van der Waals surface area contributed by atoms with E-state index in [1.54, 1.807) is 90.1 Å². The molecule has 1 heterocycles. The Morgan fingerprint density at radius 2 is 1.61 bits per heavy atom. The predicted octanol–water partition coefficient (Wildman–Crippen LogP) is 3.88. The number of hydrogen-bond acceptors (Lipinski definition) is 13. The molecule has 1 aliphatic heterocycles. The largest absolute Gasteiger partial charge is 0.455 e. The number of benzene rings is 2. The molecule has 2 aromatic carbocycles. The molecule has 4 aliphatic rings. The lowest BCUT2D eigenvalue weighted by Crippen LogP contribution is -2.82. The van der Waals surface area contributed by atoms with Crippen LogP contribution in [0.3, 0.4) is 0 Å². The summed E-state index contributed by atoms with van der Waals surface area (Å²) in [4.78, 5) is 69.6.